The molecule has 0 spiro atoms. The van der Waals surface area contributed by atoms with Crippen LogP contribution in [-0.2, 0) is 9.53 Å². The molecular formula is C14H17N3O5S. The van der Waals surface area contributed by atoms with Gasteiger partial charge >= 0.3 is 11.9 Å². The molecule has 9 heteroatoms. The zero-order chi connectivity index (χ0) is 17.1. The summed E-state index contributed by atoms with van der Waals surface area (Å²) in [5.74, 6) is -0.663. The van der Waals surface area contributed by atoms with Crippen LogP contribution in [0.4, 0.5) is 5.88 Å². The Hall–Kier alpha value is -2.29. The predicted molar refractivity (Wildman–Crippen MR) is 86.1 cm³/mol. The van der Waals surface area contributed by atoms with E-state index in [1.54, 1.807) is 25.8 Å². The molecule has 0 saturated heterocycles. The summed E-state index contributed by atoms with van der Waals surface area (Å²) in [6, 6.07) is 1.95. The minimum absolute atomic E-state index is 0.226. The number of hydrogen-bond donors (Lipinski definition) is 0. The van der Waals surface area contributed by atoms with Gasteiger partial charge in [-0.1, -0.05) is 11.8 Å². The van der Waals surface area contributed by atoms with Crippen molar-refractivity contribution in [3.05, 3.63) is 39.3 Å². The van der Waals surface area contributed by atoms with E-state index in [9.17, 15) is 14.9 Å². The number of nitrogens with zero attached hydrogens (tertiary/aromatic N) is 3. The number of aliphatic imine (C=N–C) groups is 1. The molecule has 0 bridgehead atoms. The first kappa shape index (κ1) is 17.1. The first-order valence-electron chi connectivity index (χ1n) is 6.88. The number of esters is 1. The van der Waals surface area contributed by atoms with Crippen LogP contribution < -0.4 is 0 Å². The topological polar surface area (TPSA) is 98.2 Å². The molecule has 0 aliphatic carbocycles. The fraction of sp³-hybridized carbons (Fsp3) is 0.429. The summed E-state index contributed by atoms with van der Waals surface area (Å²) in [6.07, 6.45) is 1.86. The zero-order valence-corrected chi connectivity index (χ0v) is 14.0. The normalized spacial score (nSPS) is 18.0. The van der Waals surface area contributed by atoms with Crippen molar-refractivity contribution in [2.45, 2.75) is 19.9 Å². The zero-order valence-electron chi connectivity index (χ0n) is 13.2. The van der Waals surface area contributed by atoms with Crippen molar-refractivity contribution in [3.8, 4) is 0 Å². The van der Waals surface area contributed by atoms with Gasteiger partial charge in [-0.2, -0.15) is 0 Å². The van der Waals surface area contributed by atoms with Crippen molar-refractivity contribution in [2.24, 2.45) is 4.99 Å². The third-order valence-electron chi connectivity index (χ3n) is 3.43. The van der Waals surface area contributed by atoms with Gasteiger partial charge in [-0.15, -0.1) is 0 Å². The first-order chi connectivity index (χ1) is 10.9. The predicted octanol–water partition coefficient (Wildman–Crippen LogP) is 2.73. The van der Waals surface area contributed by atoms with Crippen LogP contribution in [0, 0.1) is 10.1 Å². The van der Waals surface area contributed by atoms with Gasteiger partial charge in [0.05, 0.1) is 18.2 Å². The van der Waals surface area contributed by atoms with Crippen LogP contribution in [0.25, 0.3) is 0 Å². The minimum Gasteiger partial charge on any atom is -0.463 e. The Balaban J connectivity index is 2.51. The standard InChI is InChI=1S/C14H17N3O5S/c1-5-21-13(18)11-8(2)16(3)14(23-4)15-12(11)9-6-7-10(22-9)17(19)20/h6-7,12H,5H2,1-4H3/t12-/m0/s1. The van der Waals surface area contributed by atoms with E-state index in [0.717, 1.165) is 0 Å². The van der Waals surface area contributed by atoms with Crippen molar-refractivity contribution < 1.29 is 18.9 Å². The van der Waals surface area contributed by atoms with E-state index in [2.05, 4.69) is 4.99 Å². The highest BCUT2D eigenvalue weighted by Gasteiger charge is 2.35. The van der Waals surface area contributed by atoms with E-state index >= 15 is 0 Å². The van der Waals surface area contributed by atoms with Crippen LogP contribution in [-0.4, -0.2) is 40.9 Å². The second-order valence-electron chi connectivity index (χ2n) is 4.73. The van der Waals surface area contributed by atoms with Gasteiger partial charge in [-0.3, -0.25) is 10.1 Å². The third-order valence-corrected chi connectivity index (χ3v) is 4.18. The van der Waals surface area contributed by atoms with Gasteiger partial charge in [-0.25, -0.2) is 9.79 Å². The highest BCUT2D eigenvalue weighted by molar-refractivity contribution is 8.13. The molecule has 0 aromatic carbocycles. The van der Waals surface area contributed by atoms with Gasteiger partial charge in [0.25, 0.3) is 0 Å². The maximum atomic E-state index is 12.3. The lowest BCUT2D eigenvalue weighted by Gasteiger charge is -2.30. The van der Waals surface area contributed by atoms with E-state index in [1.165, 1.54) is 23.9 Å². The molecule has 1 aliphatic heterocycles. The summed E-state index contributed by atoms with van der Waals surface area (Å²) in [5, 5.41) is 11.5. The summed E-state index contributed by atoms with van der Waals surface area (Å²) in [4.78, 5) is 28.8. The number of amidine groups is 1. The van der Waals surface area contributed by atoms with Crippen molar-refractivity contribution in [1.82, 2.24) is 4.90 Å². The third kappa shape index (κ3) is 3.24. The number of thioether (sulfide) groups is 1. The Morgan fingerprint density at radius 1 is 1.57 bits per heavy atom. The Morgan fingerprint density at radius 3 is 2.78 bits per heavy atom. The largest absolute Gasteiger partial charge is 0.463 e. The summed E-state index contributed by atoms with van der Waals surface area (Å²) < 4.78 is 10.3. The van der Waals surface area contributed by atoms with Gasteiger partial charge in [0.1, 0.15) is 16.7 Å². The highest BCUT2D eigenvalue weighted by atomic mass is 32.2. The molecule has 0 radical (unpaired) electrons. The molecule has 23 heavy (non-hydrogen) atoms. The molecule has 1 aromatic heterocycles. The summed E-state index contributed by atoms with van der Waals surface area (Å²) in [6.45, 7) is 3.72. The molecule has 0 N–H and O–H groups in total. The molecule has 2 rings (SSSR count). The Bertz CT molecular complexity index is 694. The van der Waals surface area contributed by atoms with Crippen LogP contribution in [0.15, 0.2) is 32.8 Å². The lowest BCUT2D eigenvalue weighted by Crippen LogP contribution is -2.32. The molecule has 8 nitrogen and oxygen atoms in total. The Labute approximate surface area is 137 Å². The van der Waals surface area contributed by atoms with E-state index in [0.29, 0.717) is 16.4 Å². The summed E-state index contributed by atoms with van der Waals surface area (Å²) >= 11 is 1.41. The number of furan rings is 1. The molecular weight excluding hydrogens is 322 g/mol. The number of hydrogen-bond acceptors (Lipinski definition) is 8. The SMILES string of the molecule is CCOC(=O)C1=C(C)N(C)C(SC)=N[C@H]1c1ccc([N+](=O)[O-])o1. The number of carbonyl (C=O) groups is 1. The average Bonchev–Trinajstić information content (AvgIpc) is 2.99. The molecule has 0 fully saturated rings. The first-order valence-corrected chi connectivity index (χ1v) is 8.10. The highest BCUT2D eigenvalue weighted by Crippen LogP contribution is 2.37. The molecule has 0 amide bonds. The van der Waals surface area contributed by atoms with Crippen LogP contribution in [0.2, 0.25) is 0 Å². The van der Waals surface area contributed by atoms with Crippen LogP contribution >= 0.6 is 11.8 Å². The number of nitro groups is 1. The summed E-state index contributed by atoms with van der Waals surface area (Å²) in [7, 11) is 1.80. The van der Waals surface area contributed by atoms with E-state index in [1.807, 2.05) is 6.26 Å². The van der Waals surface area contributed by atoms with Crippen molar-refractivity contribution >= 4 is 28.8 Å². The molecule has 1 atom stereocenters. The lowest BCUT2D eigenvalue weighted by molar-refractivity contribution is -0.402. The maximum Gasteiger partial charge on any atom is 0.433 e. The quantitative estimate of drug-likeness (QED) is 0.472. The van der Waals surface area contributed by atoms with Gasteiger partial charge in [0.15, 0.2) is 5.17 Å². The molecule has 1 aromatic rings. The number of rotatable bonds is 4. The smallest absolute Gasteiger partial charge is 0.433 e. The molecule has 2 heterocycles. The van der Waals surface area contributed by atoms with E-state index < -0.39 is 16.9 Å². The molecule has 0 saturated carbocycles. The van der Waals surface area contributed by atoms with Crippen molar-refractivity contribution in [1.29, 1.82) is 0 Å². The fourth-order valence-corrected chi connectivity index (χ4v) is 2.86. The minimum atomic E-state index is -0.763. The summed E-state index contributed by atoms with van der Waals surface area (Å²) in [5.41, 5.74) is 0.989. The van der Waals surface area contributed by atoms with E-state index in [4.69, 9.17) is 9.15 Å². The Morgan fingerprint density at radius 2 is 2.26 bits per heavy atom. The monoisotopic (exact) mass is 339 g/mol. The van der Waals surface area contributed by atoms with Crippen molar-refractivity contribution in [2.75, 3.05) is 19.9 Å². The van der Waals surface area contributed by atoms with Gasteiger partial charge in [0, 0.05) is 12.7 Å². The van der Waals surface area contributed by atoms with Crippen LogP contribution in [0.1, 0.15) is 25.6 Å². The Kier molecular flexibility index (Phi) is 5.09. The molecule has 1 aliphatic rings. The number of allylic oxidation sites excluding steroid dienone is 1. The molecule has 124 valence electrons. The maximum absolute atomic E-state index is 12.3. The average molecular weight is 339 g/mol. The lowest BCUT2D eigenvalue weighted by atomic mass is 10.0. The van der Waals surface area contributed by atoms with Gasteiger partial charge < -0.3 is 14.1 Å². The molecule has 0 unspecified atom stereocenters. The van der Waals surface area contributed by atoms with Crippen LogP contribution in [0.5, 0.6) is 0 Å². The van der Waals surface area contributed by atoms with Crippen LogP contribution in [0.3, 0.4) is 0 Å². The second-order valence-corrected chi connectivity index (χ2v) is 5.50. The van der Waals surface area contributed by atoms with Crippen molar-refractivity contribution in [3.63, 3.8) is 0 Å². The second kappa shape index (κ2) is 6.86. The number of ether oxygens (including phenoxy) is 1. The van der Waals surface area contributed by atoms with E-state index in [-0.39, 0.29) is 18.3 Å². The van der Waals surface area contributed by atoms with Gasteiger partial charge in [-0.05, 0) is 26.2 Å². The fourth-order valence-electron chi connectivity index (χ4n) is 2.23. The number of carbonyl (C=O) groups excluding carboxylic acids is 1. The van der Waals surface area contributed by atoms with Gasteiger partial charge in [0.2, 0.25) is 0 Å².